The van der Waals surface area contributed by atoms with Crippen molar-refractivity contribution in [3.05, 3.63) is 65.4 Å². The first-order valence-electron chi connectivity index (χ1n) is 9.83. The number of carboxylic acids is 1. The number of benzene rings is 2. The number of unbranched alkanes of at least 4 members (excludes halogenated alkanes) is 1. The van der Waals surface area contributed by atoms with Crippen LogP contribution < -0.4 is 9.47 Å². The molecule has 1 heterocycles. The maximum absolute atomic E-state index is 11.6. The van der Waals surface area contributed by atoms with Gasteiger partial charge in [-0.15, -0.1) is 0 Å². The number of nitrogens with zero attached hydrogens (tertiary/aromatic N) is 1. The lowest BCUT2D eigenvalue weighted by molar-refractivity contribution is 0.0699. The molecule has 0 fully saturated rings. The van der Waals surface area contributed by atoms with Gasteiger partial charge >= 0.3 is 5.97 Å². The summed E-state index contributed by atoms with van der Waals surface area (Å²) in [6.07, 6.45) is 5.76. The van der Waals surface area contributed by atoms with Crippen molar-refractivity contribution < 1.29 is 19.4 Å². The molecule has 5 heteroatoms. The molecule has 29 heavy (non-hydrogen) atoms. The largest absolute Gasteiger partial charge is 0.490 e. The summed E-state index contributed by atoms with van der Waals surface area (Å²) in [7, 11) is 0. The fourth-order valence-electron chi connectivity index (χ4n) is 2.98. The highest BCUT2D eigenvalue weighted by molar-refractivity contribution is 6.03. The number of ether oxygens (including phenoxy) is 2. The molecular weight excluding hydrogens is 366 g/mol. The molecule has 1 aromatic heterocycles. The topological polar surface area (TPSA) is 68.7 Å². The number of para-hydroxylation sites is 1. The highest BCUT2D eigenvalue weighted by Gasteiger charge is 2.10. The quantitative estimate of drug-likeness (QED) is 0.475. The summed E-state index contributed by atoms with van der Waals surface area (Å²) in [4.78, 5) is 16.2. The van der Waals surface area contributed by atoms with Gasteiger partial charge in [0.25, 0.3) is 0 Å². The third kappa shape index (κ3) is 5.13. The lowest BCUT2D eigenvalue weighted by Gasteiger charge is -2.12. The van der Waals surface area contributed by atoms with Gasteiger partial charge in [-0.2, -0.15) is 0 Å². The number of aromatic nitrogens is 1. The minimum absolute atomic E-state index is 0.241. The second-order valence-corrected chi connectivity index (χ2v) is 6.59. The van der Waals surface area contributed by atoms with E-state index in [1.54, 1.807) is 12.1 Å². The van der Waals surface area contributed by atoms with Crippen LogP contribution in [0.15, 0.2) is 48.5 Å². The summed E-state index contributed by atoms with van der Waals surface area (Å²) in [5.41, 5.74) is 2.40. The summed E-state index contributed by atoms with van der Waals surface area (Å²) in [5.74, 6) is 0.461. The van der Waals surface area contributed by atoms with Crippen LogP contribution in [-0.2, 0) is 0 Å². The van der Waals surface area contributed by atoms with Gasteiger partial charge < -0.3 is 14.6 Å². The molecule has 0 amide bonds. The van der Waals surface area contributed by atoms with E-state index in [-0.39, 0.29) is 5.56 Å². The lowest BCUT2D eigenvalue weighted by Crippen LogP contribution is -2.01. The fraction of sp³-hybridized carbons (Fsp3) is 0.250. The lowest BCUT2D eigenvalue weighted by atomic mass is 10.1. The van der Waals surface area contributed by atoms with Crippen molar-refractivity contribution in [2.24, 2.45) is 0 Å². The Morgan fingerprint density at radius 2 is 1.86 bits per heavy atom. The van der Waals surface area contributed by atoms with E-state index in [0.29, 0.717) is 35.6 Å². The second-order valence-electron chi connectivity index (χ2n) is 6.59. The van der Waals surface area contributed by atoms with E-state index in [2.05, 4.69) is 11.9 Å². The molecule has 0 unspecified atom stereocenters. The predicted octanol–water partition coefficient (Wildman–Crippen LogP) is 5.68. The highest BCUT2D eigenvalue weighted by Crippen LogP contribution is 2.29. The van der Waals surface area contributed by atoms with E-state index < -0.39 is 5.97 Å². The standard InChI is InChI=1S/C24H25NO4/c1-3-5-14-29-22-13-11-17(15-23(22)28-4-2)10-12-18-16-20(24(26)27)19-8-6-7-9-21(19)25-18/h6-13,15-16H,3-5,14H2,1-2H3,(H,26,27). The van der Waals surface area contributed by atoms with Crippen molar-refractivity contribution in [1.82, 2.24) is 4.98 Å². The Bertz CT molecular complexity index is 1030. The minimum atomic E-state index is -0.967. The van der Waals surface area contributed by atoms with Gasteiger partial charge in [0.1, 0.15) is 0 Å². The van der Waals surface area contributed by atoms with Crippen LogP contribution in [0.2, 0.25) is 0 Å². The summed E-state index contributed by atoms with van der Waals surface area (Å²) >= 11 is 0. The zero-order valence-corrected chi connectivity index (χ0v) is 16.7. The molecule has 0 saturated heterocycles. The fourth-order valence-corrected chi connectivity index (χ4v) is 2.98. The van der Waals surface area contributed by atoms with E-state index in [4.69, 9.17) is 9.47 Å². The number of fused-ring (bicyclic) bond motifs is 1. The van der Waals surface area contributed by atoms with Crippen molar-refractivity contribution in [2.75, 3.05) is 13.2 Å². The molecule has 0 spiro atoms. The first-order valence-corrected chi connectivity index (χ1v) is 9.83. The normalized spacial score (nSPS) is 11.1. The summed E-state index contributed by atoms with van der Waals surface area (Å²) in [6.45, 7) is 5.26. The van der Waals surface area contributed by atoms with Crippen LogP contribution in [0, 0.1) is 0 Å². The van der Waals surface area contributed by atoms with Gasteiger partial charge in [-0.3, -0.25) is 0 Å². The van der Waals surface area contributed by atoms with Gasteiger partial charge in [0.15, 0.2) is 11.5 Å². The van der Waals surface area contributed by atoms with Gasteiger partial charge in [-0.05, 0) is 49.2 Å². The van der Waals surface area contributed by atoms with Crippen molar-refractivity contribution in [3.63, 3.8) is 0 Å². The van der Waals surface area contributed by atoms with Gasteiger partial charge in [0.05, 0.1) is 30.0 Å². The summed E-state index contributed by atoms with van der Waals surface area (Å²) in [5, 5.41) is 10.2. The number of hydrogen-bond acceptors (Lipinski definition) is 4. The third-order valence-electron chi connectivity index (χ3n) is 4.44. The SMILES string of the molecule is CCCCOc1ccc(C=Cc2cc(C(=O)O)c3ccccc3n2)cc1OCC. The Kier molecular flexibility index (Phi) is 6.85. The molecule has 150 valence electrons. The van der Waals surface area contributed by atoms with Gasteiger partial charge in [-0.1, -0.05) is 43.7 Å². The molecule has 3 rings (SSSR count). The second kappa shape index (κ2) is 9.73. The monoisotopic (exact) mass is 391 g/mol. The van der Waals surface area contributed by atoms with Crippen molar-refractivity contribution in [1.29, 1.82) is 0 Å². The molecule has 3 aromatic rings. The average molecular weight is 391 g/mol. The number of carbonyl (C=O) groups is 1. The smallest absolute Gasteiger partial charge is 0.336 e. The summed E-state index contributed by atoms with van der Waals surface area (Å²) < 4.78 is 11.5. The Morgan fingerprint density at radius 1 is 1.03 bits per heavy atom. The number of pyridine rings is 1. The highest BCUT2D eigenvalue weighted by atomic mass is 16.5. The third-order valence-corrected chi connectivity index (χ3v) is 4.44. The number of aromatic carboxylic acids is 1. The van der Waals surface area contributed by atoms with E-state index in [1.807, 2.05) is 55.5 Å². The van der Waals surface area contributed by atoms with Gasteiger partial charge in [0.2, 0.25) is 0 Å². The van der Waals surface area contributed by atoms with Crippen LogP contribution in [0.1, 0.15) is 48.3 Å². The van der Waals surface area contributed by atoms with Crippen molar-refractivity contribution in [3.8, 4) is 11.5 Å². The maximum atomic E-state index is 11.6. The molecule has 0 bridgehead atoms. The molecule has 0 atom stereocenters. The summed E-state index contributed by atoms with van der Waals surface area (Å²) in [6, 6.07) is 14.6. The number of rotatable bonds is 9. The van der Waals surface area contributed by atoms with Crippen molar-refractivity contribution >= 4 is 29.0 Å². The van der Waals surface area contributed by atoms with Crippen molar-refractivity contribution in [2.45, 2.75) is 26.7 Å². The van der Waals surface area contributed by atoms with E-state index in [1.165, 1.54) is 0 Å². The Balaban J connectivity index is 1.89. The molecule has 1 N–H and O–H groups in total. The van der Waals surface area contributed by atoms with Crippen LogP contribution in [0.25, 0.3) is 23.1 Å². The van der Waals surface area contributed by atoms with Crippen LogP contribution >= 0.6 is 0 Å². The van der Waals surface area contributed by atoms with Gasteiger partial charge in [-0.25, -0.2) is 9.78 Å². The molecule has 0 aliphatic heterocycles. The molecular formula is C24H25NO4. The minimum Gasteiger partial charge on any atom is -0.490 e. The predicted molar refractivity (Wildman–Crippen MR) is 116 cm³/mol. The van der Waals surface area contributed by atoms with E-state index in [0.717, 1.165) is 24.2 Å². The average Bonchev–Trinajstić information content (AvgIpc) is 2.73. The molecule has 0 radical (unpaired) electrons. The van der Waals surface area contributed by atoms with Crippen LogP contribution in [-0.4, -0.2) is 29.3 Å². The molecule has 0 aliphatic rings. The zero-order chi connectivity index (χ0) is 20.6. The van der Waals surface area contributed by atoms with Crippen LogP contribution in [0.4, 0.5) is 0 Å². The molecule has 2 aromatic carbocycles. The van der Waals surface area contributed by atoms with E-state index >= 15 is 0 Å². The first-order chi connectivity index (χ1) is 14.1. The number of carboxylic acid groups (broad SMARTS) is 1. The van der Waals surface area contributed by atoms with E-state index in [9.17, 15) is 9.90 Å². The Labute approximate surface area is 170 Å². The number of hydrogen-bond donors (Lipinski definition) is 1. The Morgan fingerprint density at radius 3 is 2.62 bits per heavy atom. The molecule has 0 saturated carbocycles. The molecule has 0 aliphatic carbocycles. The maximum Gasteiger partial charge on any atom is 0.336 e. The van der Waals surface area contributed by atoms with Crippen LogP contribution in [0.3, 0.4) is 0 Å². The van der Waals surface area contributed by atoms with Crippen LogP contribution in [0.5, 0.6) is 11.5 Å². The Hall–Kier alpha value is -3.34. The first kappa shape index (κ1) is 20.4. The van der Waals surface area contributed by atoms with Gasteiger partial charge in [0, 0.05) is 5.39 Å². The molecule has 5 nitrogen and oxygen atoms in total. The zero-order valence-electron chi connectivity index (χ0n) is 16.7.